The molecule has 2 heterocycles. The molecule has 0 aliphatic carbocycles. The second kappa shape index (κ2) is 10.4. The number of hydrogen-bond acceptors (Lipinski definition) is 7. The largest absolute Gasteiger partial charge is 0.493 e. The molecule has 180 valence electrons. The maximum atomic E-state index is 11.8. The van der Waals surface area contributed by atoms with Gasteiger partial charge in [-0.2, -0.15) is 0 Å². The smallest absolute Gasteiger partial charge is 0.366 e. The third-order valence-electron chi connectivity index (χ3n) is 5.99. The summed E-state index contributed by atoms with van der Waals surface area (Å²) in [5.74, 6) is 0.598. The van der Waals surface area contributed by atoms with Crippen molar-refractivity contribution in [3.05, 3.63) is 71.1 Å². The Morgan fingerprint density at radius 1 is 1.06 bits per heavy atom. The number of methoxy groups -OCH3 is 1. The summed E-state index contributed by atoms with van der Waals surface area (Å²) in [6.45, 7) is 6.96. The third kappa shape index (κ3) is 5.66. The van der Waals surface area contributed by atoms with Gasteiger partial charge in [0.15, 0.2) is 0 Å². The molecule has 1 aromatic heterocycles. The molecule has 7 nitrogen and oxygen atoms in total. The summed E-state index contributed by atoms with van der Waals surface area (Å²) in [4.78, 5) is 16.4. The van der Waals surface area contributed by atoms with Gasteiger partial charge in [-0.1, -0.05) is 29.8 Å². The number of oxazole rings is 1. The number of aromatic nitrogens is 1. The summed E-state index contributed by atoms with van der Waals surface area (Å²) in [7, 11) is 1.32. The number of carbonyl (C=O) groups excluding carboxylic acids is 1. The standard InChI is InChI=1S/C27H31NO6/c1-18-5-9-22(10-6-18)25-28-24(19(2)34-25)13-14-31-23-11-7-20(8-12-23)15-21-16-32-27(3,33-17-21)26(29)30-4/h5-12,21H,13-17H2,1-4H3. The van der Waals surface area contributed by atoms with Gasteiger partial charge >= 0.3 is 5.97 Å². The second-order valence-electron chi connectivity index (χ2n) is 8.76. The van der Waals surface area contributed by atoms with E-state index in [1.807, 2.05) is 43.3 Å². The van der Waals surface area contributed by atoms with Crippen molar-refractivity contribution >= 4 is 5.97 Å². The van der Waals surface area contributed by atoms with Crippen molar-refractivity contribution in [2.45, 2.75) is 39.4 Å². The minimum Gasteiger partial charge on any atom is -0.493 e. The molecule has 1 fully saturated rings. The van der Waals surface area contributed by atoms with E-state index in [-0.39, 0.29) is 5.92 Å². The van der Waals surface area contributed by atoms with Crippen LogP contribution in [0.4, 0.5) is 0 Å². The lowest BCUT2D eigenvalue weighted by Crippen LogP contribution is -2.48. The Kier molecular flexibility index (Phi) is 7.34. The first-order valence-corrected chi connectivity index (χ1v) is 11.5. The molecule has 1 saturated heterocycles. The van der Waals surface area contributed by atoms with Crippen molar-refractivity contribution in [2.24, 2.45) is 5.92 Å². The Balaban J connectivity index is 1.25. The van der Waals surface area contributed by atoms with E-state index in [2.05, 4.69) is 24.0 Å². The number of ether oxygens (including phenoxy) is 4. The molecule has 1 aliphatic heterocycles. The Labute approximate surface area is 200 Å². The molecule has 0 amide bonds. The van der Waals surface area contributed by atoms with Crippen molar-refractivity contribution in [1.82, 2.24) is 4.98 Å². The van der Waals surface area contributed by atoms with Crippen molar-refractivity contribution in [3.63, 3.8) is 0 Å². The average molecular weight is 466 g/mol. The van der Waals surface area contributed by atoms with Crippen LogP contribution < -0.4 is 4.74 Å². The van der Waals surface area contributed by atoms with Crippen LogP contribution >= 0.6 is 0 Å². The van der Waals surface area contributed by atoms with Crippen LogP contribution in [0.2, 0.25) is 0 Å². The van der Waals surface area contributed by atoms with Crippen LogP contribution in [0.25, 0.3) is 11.5 Å². The number of esters is 1. The highest BCUT2D eigenvalue weighted by Crippen LogP contribution is 2.26. The Morgan fingerprint density at radius 3 is 2.38 bits per heavy atom. The molecule has 1 aliphatic rings. The van der Waals surface area contributed by atoms with Gasteiger partial charge in [0.05, 0.1) is 32.6 Å². The van der Waals surface area contributed by atoms with Gasteiger partial charge < -0.3 is 23.4 Å². The lowest BCUT2D eigenvalue weighted by Gasteiger charge is -2.35. The fourth-order valence-corrected chi connectivity index (χ4v) is 3.86. The number of aryl methyl sites for hydroxylation is 2. The van der Waals surface area contributed by atoms with Crippen molar-refractivity contribution in [3.8, 4) is 17.2 Å². The molecule has 0 spiro atoms. The monoisotopic (exact) mass is 465 g/mol. The highest BCUT2D eigenvalue weighted by atomic mass is 16.7. The van der Waals surface area contributed by atoms with Gasteiger partial charge in [-0.3, -0.25) is 0 Å². The summed E-state index contributed by atoms with van der Waals surface area (Å²) in [6, 6.07) is 16.2. The van der Waals surface area contributed by atoms with Crippen molar-refractivity contribution in [1.29, 1.82) is 0 Å². The summed E-state index contributed by atoms with van der Waals surface area (Å²) in [6.07, 6.45) is 1.45. The zero-order valence-corrected chi connectivity index (χ0v) is 20.1. The number of hydrogen-bond donors (Lipinski definition) is 0. The van der Waals surface area contributed by atoms with Gasteiger partial charge in [-0.25, -0.2) is 9.78 Å². The Bertz CT molecular complexity index is 1100. The number of benzene rings is 2. The van der Waals surface area contributed by atoms with Crippen LogP contribution in [0.5, 0.6) is 5.75 Å². The first-order chi connectivity index (χ1) is 16.4. The molecule has 4 rings (SSSR count). The molecule has 0 radical (unpaired) electrons. The summed E-state index contributed by atoms with van der Waals surface area (Å²) in [5, 5.41) is 0. The summed E-state index contributed by atoms with van der Waals surface area (Å²) >= 11 is 0. The molecule has 0 atom stereocenters. The Hall–Kier alpha value is -3.16. The first kappa shape index (κ1) is 24.0. The quantitative estimate of drug-likeness (QED) is 0.447. The van der Waals surface area contributed by atoms with Gasteiger partial charge in [0.25, 0.3) is 5.79 Å². The molecule has 34 heavy (non-hydrogen) atoms. The maximum absolute atomic E-state index is 11.8. The van der Waals surface area contributed by atoms with E-state index in [1.165, 1.54) is 12.7 Å². The molecule has 3 aromatic rings. The number of carbonyl (C=O) groups is 1. The predicted octanol–water partition coefficient (Wildman–Crippen LogP) is 4.67. The van der Waals surface area contributed by atoms with Crippen LogP contribution in [0, 0.1) is 19.8 Å². The summed E-state index contributed by atoms with van der Waals surface area (Å²) in [5.41, 5.74) is 4.23. The number of nitrogens with zero attached hydrogens (tertiary/aromatic N) is 1. The van der Waals surface area contributed by atoms with Crippen LogP contribution in [0.1, 0.15) is 29.5 Å². The van der Waals surface area contributed by atoms with E-state index in [0.29, 0.717) is 32.1 Å². The topological polar surface area (TPSA) is 80.0 Å². The van der Waals surface area contributed by atoms with Gasteiger partial charge in [-0.15, -0.1) is 0 Å². The highest BCUT2D eigenvalue weighted by molar-refractivity contribution is 5.77. The van der Waals surface area contributed by atoms with Crippen molar-refractivity contribution in [2.75, 3.05) is 26.9 Å². The molecular formula is C27H31NO6. The van der Waals surface area contributed by atoms with Crippen LogP contribution in [-0.2, 0) is 31.8 Å². The Morgan fingerprint density at radius 2 is 1.74 bits per heavy atom. The van der Waals surface area contributed by atoms with E-state index in [1.54, 1.807) is 6.92 Å². The van der Waals surface area contributed by atoms with E-state index < -0.39 is 11.8 Å². The van der Waals surface area contributed by atoms with Gasteiger partial charge in [-0.05, 0) is 50.1 Å². The summed E-state index contributed by atoms with van der Waals surface area (Å²) < 4.78 is 27.8. The normalized spacial score (nSPS) is 20.2. The van der Waals surface area contributed by atoms with Crippen molar-refractivity contribution < 1.29 is 28.2 Å². The van der Waals surface area contributed by atoms with Gasteiger partial charge in [0.1, 0.15) is 11.5 Å². The molecular weight excluding hydrogens is 434 g/mol. The van der Waals surface area contributed by atoms with Gasteiger partial charge in [0.2, 0.25) is 5.89 Å². The van der Waals surface area contributed by atoms with E-state index in [9.17, 15) is 4.79 Å². The molecule has 0 N–H and O–H groups in total. The molecule has 0 bridgehead atoms. The molecule has 2 aromatic carbocycles. The lowest BCUT2D eigenvalue weighted by molar-refractivity contribution is -0.272. The second-order valence-corrected chi connectivity index (χ2v) is 8.76. The fourth-order valence-electron chi connectivity index (χ4n) is 3.86. The number of rotatable bonds is 8. The SMILES string of the molecule is COC(=O)C1(C)OCC(Cc2ccc(OCCc3nc(-c4ccc(C)cc4)oc3C)cc2)CO1. The highest BCUT2D eigenvalue weighted by Gasteiger charge is 2.41. The average Bonchev–Trinajstić information content (AvgIpc) is 3.22. The molecule has 0 unspecified atom stereocenters. The third-order valence-corrected chi connectivity index (χ3v) is 5.99. The fraction of sp³-hybridized carbons (Fsp3) is 0.407. The van der Waals surface area contributed by atoms with E-state index in [4.69, 9.17) is 23.4 Å². The zero-order valence-electron chi connectivity index (χ0n) is 20.1. The van der Waals surface area contributed by atoms with Crippen LogP contribution in [-0.4, -0.2) is 43.7 Å². The zero-order chi connectivity index (χ0) is 24.1. The minimum absolute atomic E-state index is 0.169. The molecule has 0 saturated carbocycles. The lowest BCUT2D eigenvalue weighted by atomic mass is 9.99. The van der Waals surface area contributed by atoms with E-state index >= 15 is 0 Å². The van der Waals surface area contributed by atoms with Crippen LogP contribution in [0.15, 0.2) is 52.9 Å². The van der Waals surface area contributed by atoms with Crippen LogP contribution in [0.3, 0.4) is 0 Å². The predicted molar refractivity (Wildman–Crippen MR) is 127 cm³/mol. The molecule has 7 heteroatoms. The maximum Gasteiger partial charge on any atom is 0.366 e. The minimum atomic E-state index is -1.31. The van der Waals surface area contributed by atoms with Gasteiger partial charge in [0, 0.05) is 24.8 Å². The first-order valence-electron chi connectivity index (χ1n) is 11.5. The van der Waals surface area contributed by atoms with E-state index in [0.717, 1.165) is 34.8 Å².